The molecule has 0 N–H and O–H groups in total. The second kappa shape index (κ2) is 12.0. The molecule has 1 heterocycles. The van der Waals surface area contributed by atoms with Crippen LogP contribution in [0.3, 0.4) is 0 Å². The van der Waals surface area contributed by atoms with Gasteiger partial charge in [-0.15, -0.1) is 5.10 Å². The van der Waals surface area contributed by atoms with Gasteiger partial charge in [0.15, 0.2) is 5.78 Å². The first kappa shape index (κ1) is 25.2. The number of hydrogen-bond donors (Lipinski definition) is 0. The van der Waals surface area contributed by atoms with Gasteiger partial charge in [-0.05, 0) is 11.8 Å². The lowest BCUT2D eigenvalue weighted by Crippen LogP contribution is -2.25. The molecule has 0 atom stereocenters. The molecule has 8 heteroatoms. The summed E-state index contributed by atoms with van der Waals surface area (Å²) in [6, 6.07) is 0. The van der Waals surface area contributed by atoms with Crippen molar-refractivity contribution in [1.29, 1.82) is 0 Å². The summed E-state index contributed by atoms with van der Waals surface area (Å²) < 4.78 is 17.7. The maximum absolute atomic E-state index is 11.8. The number of Topliss-reactive ketones (excluding diaryl/α,β-unsaturated/α-hetero) is 1. The van der Waals surface area contributed by atoms with E-state index in [9.17, 15) is 9.59 Å². The Morgan fingerprint density at radius 2 is 1.69 bits per heavy atom. The van der Waals surface area contributed by atoms with Crippen LogP contribution in [0, 0.1) is 10.8 Å². The highest BCUT2D eigenvalue weighted by molar-refractivity contribution is 5.84. The van der Waals surface area contributed by atoms with E-state index in [1.54, 1.807) is 4.68 Å². The number of aromatic nitrogens is 3. The van der Waals surface area contributed by atoms with E-state index in [2.05, 4.69) is 31.1 Å². The van der Waals surface area contributed by atoms with Gasteiger partial charge in [-0.2, -0.15) is 0 Å². The van der Waals surface area contributed by atoms with Crippen molar-refractivity contribution in [2.24, 2.45) is 10.8 Å². The quantitative estimate of drug-likeness (QED) is 0.364. The minimum Gasteiger partial charge on any atom is -0.466 e. The predicted octanol–water partition coefficient (Wildman–Crippen LogP) is 2.84. The monoisotopic (exact) mass is 411 g/mol. The van der Waals surface area contributed by atoms with Crippen LogP contribution in [0.1, 0.15) is 60.1 Å². The lowest BCUT2D eigenvalue weighted by molar-refractivity contribution is -0.144. The van der Waals surface area contributed by atoms with Crippen LogP contribution in [0.4, 0.5) is 0 Å². The molecule has 0 aliphatic carbocycles. The molecule has 0 bridgehead atoms. The van der Waals surface area contributed by atoms with Gasteiger partial charge in [0.25, 0.3) is 0 Å². The molecular weight excluding hydrogens is 374 g/mol. The van der Waals surface area contributed by atoms with Gasteiger partial charge in [-0.25, -0.2) is 4.68 Å². The zero-order valence-electron chi connectivity index (χ0n) is 18.8. The SMILES string of the molecule is CC(C)(C)CCOC(=O)CCc1cn(CCOCCOCC(=O)C(C)(C)C)nn1. The zero-order valence-corrected chi connectivity index (χ0v) is 18.8. The largest absolute Gasteiger partial charge is 0.466 e. The Balaban J connectivity index is 2.11. The Morgan fingerprint density at radius 3 is 2.34 bits per heavy atom. The number of ether oxygens (including phenoxy) is 3. The van der Waals surface area contributed by atoms with E-state index in [-0.39, 0.29) is 29.2 Å². The predicted molar refractivity (Wildman–Crippen MR) is 109 cm³/mol. The Morgan fingerprint density at radius 1 is 1.00 bits per heavy atom. The Bertz CT molecular complexity index is 629. The van der Waals surface area contributed by atoms with Crippen molar-refractivity contribution >= 4 is 11.8 Å². The molecule has 8 nitrogen and oxygen atoms in total. The average Bonchev–Trinajstić information content (AvgIpc) is 3.05. The molecule has 29 heavy (non-hydrogen) atoms. The molecule has 0 saturated carbocycles. The van der Waals surface area contributed by atoms with Gasteiger partial charge < -0.3 is 14.2 Å². The van der Waals surface area contributed by atoms with E-state index < -0.39 is 0 Å². The highest BCUT2D eigenvalue weighted by Gasteiger charge is 2.20. The van der Waals surface area contributed by atoms with Crippen LogP contribution in [0.25, 0.3) is 0 Å². The van der Waals surface area contributed by atoms with Crippen molar-refractivity contribution in [2.75, 3.05) is 33.0 Å². The second-order valence-electron chi connectivity index (χ2n) is 9.34. The molecule has 1 aromatic rings. The molecule has 0 aromatic carbocycles. The maximum atomic E-state index is 11.8. The first-order chi connectivity index (χ1) is 13.5. The van der Waals surface area contributed by atoms with Crippen molar-refractivity contribution in [1.82, 2.24) is 15.0 Å². The minimum absolute atomic E-state index is 0.0747. The fraction of sp³-hybridized carbons (Fsp3) is 0.810. The summed E-state index contributed by atoms with van der Waals surface area (Å²) >= 11 is 0. The number of carbonyl (C=O) groups excluding carboxylic acids is 2. The van der Waals surface area contributed by atoms with Crippen LogP contribution in [-0.2, 0) is 36.8 Å². The van der Waals surface area contributed by atoms with E-state index >= 15 is 0 Å². The number of nitrogens with zero attached hydrogens (tertiary/aromatic N) is 3. The van der Waals surface area contributed by atoms with Crippen LogP contribution in [0.2, 0.25) is 0 Å². The third kappa shape index (κ3) is 12.4. The molecule has 0 aliphatic rings. The van der Waals surface area contributed by atoms with Crippen LogP contribution in [0.15, 0.2) is 6.20 Å². The summed E-state index contributed by atoms with van der Waals surface area (Å²) in [6.45, 7) is 14.3. The van der Waals surface area contributed by atoms with Gasteiger partial charge in [0.05, 0.1) is 45.1 Å². The number of ketones is 1. The van der Waals surface area contributed by atoms with E-state index in [1.165, 1.54) is 0 Å². The average molecular weight is 412 g/mol. The number of carbonyl (C=O) groups is 2. The minimum atomic E-state index is -0.380. The van der Waals surface area contributed by atoms with Gasteiger partial charge in [-0.3, -0.25) is 9.59 Å². The molecule has 0 fully saturated rings. The van der Waals surface area contributed by atoms with E-state index in [1.807, 2.05) is 27.0 Å². The molecule has 0 saturated heterocycles. The molecule has 1 rings (SSSR count). The summed E-state index contributed by atoms with van der Waals surface area (Å²) in [7, 11) is 0. The summed E-state index contributed by atoms with van der Waals surface area (Å²) in [4.78, 5) is 23.5. The summed E-state index contributed by atoms with van der Waals surface area (Å²) in [5.41, 5.74) is 0.525. The number of aryl methyl sites for hydroxylation is 1. The lowest BCUT2D eigenvalue weighted by atomic mass is 9.91. The third-order valence-corrected chi connectivity index (χ3v) is 4.19. The van der Waals surface area contributed by atoms with Crippen molar-refractivity contribution in [3.8, 4) is 0 Å². The maximum Gasteiger partial charge on any atom is 0.306 e. The second-order valence-corrected chi connectivity index (χ2v) is 9.34. The molecule has 0 amide bonds. The van der Waals surface area contributed by atoms with Crippen molar-refractivity contribution in [2.45, 2.75) is 67.3 Å². The van der Waals surface area contributed by atoms with Gasteiger partial charge in [-0.1, -0.05) is 46.8 Å². The van der Waals surface area contributed by atoms with E-state index in [4.69, 9.17) is 14.2 Å². The van der Waals surface area contributed by atoms with E-state index in [0.29, 0.717) is 45.8 Å². The van der Waals surface area contributed by atoms with Gasteiger partial charge in [0.2, 0.25) is 0 Å². The molecule has 0 unspecified atom stereocenters. The number of rotatable bonds is 13. The Labute approximate surface area is 174 Å². The van der Waals surface area contributed by atoms with Crippen LogP contribution >= 0.6 is 0 Å². The van der Waals surface area contributed by atoms with Crippen LogP contribution in [0.5, 0.6) is 0 Å². The topological polar surface area (TPSA) is 92.5 Å². The zero-order chi connectivity index (χ0) is 21.9. The Kier molecular flexibility index (Phi) is 10.5. The molecule has 0 spiro atoms. The summed E-state index contributed by atoms with van der Waals surface area (Å²) in [5.74, 6) is -0.136. The van der Waals surface area contributed by atoms with Gasteiger partial charge in [0.1, 0.15) is 6.61 Å². The summed E-state index contributed by atoms with van der Waals surface area (Å²) in [6.07, 6.45) is 3.45. The Hall–Kier alpha value is -1.80. The van der Waals surface area contributed by atoms with Crippen LogP contribution < -0.4 is 0 Å². The number of esters is 1. The van der Waals surface area contributed by atoms with Gasteiger partial charge in [0, 0.05) is 18.0 Å². The molecule has 166 valence electrons. The fourth-order valence-electron chi connectivity index (χ4n) is 2.10. The first-order valence-corrected chi connectivity index (χ1v) is 10.2. The number of hydrogen-bond acceptors (Lipinski definition) is 7. The van der Waals surface area contributed by atoms with Gasteiger partial charge >= 0.3 is 5.97 Å². The normalized spacial score (nSPS) is 12.2. The first-order valence-electron chi connectivity index (χ1n) is 10.2. The highest BCUT2D eigenvalue weighted by atomic mass is 16.5. The summed E-state index contributed by atoms with van der Waals surface area (Å²) in [5, 5.41) is 8.10. The standard InChI is InChI=1S/C21H37N3O5/c1-20(2,3)9-11-29-19(26)8-7-17-15-24(23-22-17)10-12-27-13-14-28-16-18(25)21(4,5)6/h15H,7-14,16H2,1-6H3. The molecule has 1 aromatic heterocycles. The molecule has 0 aliphatic heterocycles. The lowest BCUT2D eigenvalue weighted by Gasteiger charge is -2.17. The van der Waals surface area contributed by atoms with Crippen LogP contribution in [-0.4, -0.2) is 59.8 Å². The molecule has 0 radical (unpaired) electrons. The third-order valence-electron chi connectivity index (χ3n) is 4.19. The van der Waals surface area contributed by atoms with Crippen molar-refractivity contribution in [3.63, 3.8) is 0 Å². The van der Waals surface area contributed by atoms with E-state index in [0.717, 1.165) is 12.1 Å². The fourth-order valence-corrected chi connectivity index (χ4v) is 2.10. The highest BCUT2D eigenvalue weighted by Crippen LogP contribution is 2.18. The molecular formula is C21H37N3O5. The van der Waals surface area contributed by atoms with Crippen molar-refractivity contribution < 1.29 is 23.8 Å². The van der Waals surface area contributed by atoms with Crippen molar-refractivity contribution in [3.05, 3.63) is 11.9 Å². The smallest absolute Gasteiger partial charge is 0.306 e.